The third-order valence-electron chi connectivity index (χ3n) is 13.0. The summed E-state index contributed by atoms with van der Waals surface area (Å²) in [6, 6.07) is 2.42. The first-order chi connectivity index (χ1) is 17.5. The van der Waals surface area contributed by atoms with Crippen LogP contribution in [0, 0.1) is 61.6 Å². The summed E-state index contributed by atoms with van der Waals surface area (Å²) in [7, 11) is 0. The monoisotopic (exact) mass is 518 g/mol. The van der Waals surface area contributed by atoms with Gasteiger partial charge >= 0.3 is 0 Å². The molecule has 1 N–H and O–H groups in total. The zero-order valence-electron chi connectivity index (χ0n) is 25.4. The number of nitrogens with zero attached hydrogens (tertiary/aromatic N) is 1. The number of fused-ring (bicyclic) bond motifs is 7. The van der Waals surface area contributed by atoms with Crippen LogP contribution in [0.3, 0.4) is 0 Å². The minimum Gasteiger partial charge on any atom is -0.353 e. The average Bonchev–Trinajstić information content (AvgIpc) is 2.81. The second-order valence-electron chi connectivity index (χ2n) is 16.1. The highest BCUT2D eigenvalue weighted by Crippen LogP contribution is 2.75. The van der Waals surface area contributed by atoms with Crippen LogP contribution in [-0.2, 0) is 9.59 Å². The molecule has 38 heavy (non-hydrogen) atoms. The molecule has 0 aliphatic heterocycles. The molecule has 0 spiro atoms. The topological polar surface area (TPSA) is 70.0 Å². The molecule has 3 saturated carbocycles. The van der Waals surface area contributed by atoms with E-state index in [4.69, 9.17) is 0 Å². The minimum atomic E-state index is -0.523. The van der Waals surface area contributed by atoms with Crippen molar-refractivity contribution in [1.29, 1.82) is 5.26 Å². The molecule has 0 aromatic carbocycles. The van der Waals surface area contributed by atoms with Gasteiger partial charge < -0.3 is 5.32 Å². The molecule has 0 aromatic rings. The summed E-state index contributed by atoms with van der Waals surface area (Å²) in [5, 5.41) is 13.3. The quantitative estimate of drug-likeness (QED) is 0.384. The van der Waals surface area contributed by atoms with E-state index in [-0.39, 0.29) is 56.6 Å². The van der Waals surface area contributed by atoms with Gasteiger partial charge in [0, 0.05) is 11.5 Å². The van der Waals surface area contributed by atoms with Gasteiger partial charge in [-0.25, -0.2) is 0 Å². The third kappa shape index (κ3) is 3.45. The maximum atomic E-state index is 13.9. The zero-order valence-corrected chi connectivity index (χ0v) is 25.4. The van der Waals surface area contributed by atoms with Crippen LogP contribution in [0.4, 0.5) is 0 Å². The van der Waals surface area contributed by atoms with Gasteiger partial charge in [0.15, 0.2) is 5.78 Å². The lowest BCUT2D eigenvalue weighted by atomic mass is 9.34. The fourth-order valence-corrected chi connectivity index (χ4v) is 10.7. The number of hydrogen-bond acceptors (Lipinski definition) is 3. The largest absolute Gasteiger partial charge is 0.353 e. The molecule has 0 radical (unpaired) electrons. The molecule has 0 bridgehead atoms. The van der Waals surface area contributed by atoms with Crippen LogP contribution in [-0.4, -0.2) is 17.7 Å². The van der Waals surface area contributed by atoms with Crippen LogP contribution >= 0.6 is 0 Å². The fourth-order valence-electron chi connectivity index (χ4n) is 10.7. The maximum Gasteiger partial charge on any atom is 0.227 e. The number of amides is 1. The Bertz CT molecular complexity index is 1170. The predicted octanol–water partition coefficient (Wildman–Crippen LogP) is 7.55. The van der Waals surface area contributed by atoms with Crippen LogP contribution in [0.1, 0.15) is 114 Å². The lowest BCUT2D eigenvalue weighted by Gasteiger charge is -2.70. The first-order valence-corrected chi connectivity index (χ1v) is 15.2. The van der Waals surface area contributed by atoms with Crippen molar-refractivity contribution in [2.75, 3.05) is 0 Å². The van der Waals surface area contributed by atoms with Crippen LogP contribution in [0.25, 0.3) is 0 Å². The Hall–Kier alpha value is -1.89. The fraction of sp³-hybridized carbons (Fsp3) is 0.794. The lowest BCUT2D eigenvalue weighted by molar-refractivity contribution is -0.166. The van der Waals surface area contributed by atoms with E-state index in [1.807, 2.05) is 0 Å². The number of Topliss-reactive ketones (excluding diaryl/α,β-unsaturated/α-hetero) is 1. The Labute approximate surface area is 231 Å². The Morgan fingerprint density at radius 3 is 2.29 bits per heavy atom. The van der Waals surface area contributed by atoms with Gasteiger partial charge in [-0.1, -0.05) is 66.2 Å². The summed E-state index contributed by atoms with van der Waals surface area (Å²) in [6.45, 7) is 20.4. The summed E-state index contributed by atoms with van der Waals surface area (Å²) >= 11 is 0. The van der Waals surface area contributed by atoms with Crippen molar-refractivity contribution in [1.82, 2.24) is 5.32 Å². The minimum absolute atomic E-state index is 0.00976. The molecule has 0 aromatic heterocycles. The molecule has 5 rings (SSSR count). The molecule has 5 aliphatic carbocycles. The highest BCUT2D eigenvalue weighted by Gasteiger charge is 2.69. The third-order valence-corrected chi connectivity index (χ3v) is 13.0. The number of hydrogen-bond donors (Lipinski definition) is 1. The molecule has 4 nitrogen and oxygen atoms in total. The van der Waals surface area contributed by atoms with Gasteiger partial charge in [-0.05, 0) is 105 Å². The molecular formula is C34H50N2O2. The zero-order chi connectivity index (χ0) is 28.1. The molecule has 2 unspecified atom stereocenters. The van der Waals surface area contributed by atoms with Gasteiger partial charge in [0.1, 0.15) is 6.07 Å². The number of nitriles is 1. The Kier molecular flexibility index (Phi) is 6.05. The number of ketones is 1. The van der Waals surface area contributed by atoms with Crippen LogP contribution in [0.2, 0.25) is 0 Å². The maximum absolute atomic E-state index is 13.9. The van der Waals surface area contributed by atoms with E-state index in [0.717, 1.165) is 51.4 Å². The van der Waals surface area contributed by atoms with Crippen molar-refractivity contribution in [2.24, 2.45) is 50.2 Å². The van der Waals surface area contributed by atoms with E-state index in [9.17, 15) is 14.9 Å². The van der Waals surface area contributed by atoms with Crippen molar-refractivity contribution < 1.29 is 9.59 Å². The van der Waals surface area contributed by atoms with Gasteiger partial charge in [-0.2, -0.15) is 5.26 Å². The van der Waals surface area contributed by atoms with Gasteiger partial charge in [0.25, 0.3) is 0 Å². The number of nitrogens with one attached hydrogen (secondary N) is 1. The second-order valence-corrected chi connectivity index (χ2v) is 16.1. The molecule has 208 valence electrons. The van der Waals surface area contributed by atoms with Crippen molar-refractivity contribution in [3.05, 3.63) is 23.3 Å². The van der Waals surface area contributed by atoms with E-state index in [1.165, 1.54) is 0 Å². The number of allylic oxidation sites excluding steroid dienone is 4. The summed E-state index contributed by atoms with van der Waals surface area (Å²) < 4.78 is 0. The molecule has 0 saturated heterocycles. The summed E-state index contributed by atoms with van der Waals surface area (Å²) in [5.41, 5.74) is 1.18. The van der Waals surface area contributed by atoms with E-state index in [1.54, 1.807) is 5.57 Å². The Morgan fingerprint density at radius 2 is 1.66 bits per heavy atom. The molecule has 5 aliphatic rings. The molecular weight excluding hydrogens is 468 g/mol. The standard InChI is InChI=1S/C34H50N2O2/c1-21(2)36-28(38)34-16-14-29(3,4)19-24(34)23-10-11-26-31(7)18-22(20-35)27(37)30(5,6)25(31)12-13-33(26,9)32(23,8)15-17-34/h10,18,21,24-26H,11-17,19H2,1-9H3,(H,36,38)/t24-,25-,26?,31-,32+,33+,34?/m0/s1. The van der Waals surface area contributed by atoms with Crippen LogP contribution in [0.15, 0.2) is 23.3 Å². The van der Waals surface area contributed by atoms with Crippen molar-refractivity contribution in [3.63, 3.8) is 0 Å². The van der Waals surface area contributed by atoms with Gasteiger partial charge in [-0.3, -0.25) is 9.59 Å². The van der Waals surface area contributed by atoms with Gasteiger partial charge in [0.2, 0.25) is 5.91 Å². The van der Waals surface area contributed by atoms with E-state index in [0.29, 0.717) is 11.5 Å². The molecule has 1 amide bonds. The van der Waals surface area contributed by atoms with Crippen molar-refractivity contribution >= 4 is 11.7 Å². The van der Waals surface area contributed by atoms with E-state index >= 15 is 0 Å². The molecule has 3 fully saturated rings. The highest BCUT2D eigenvalue weighted by molar-refractivity contribution is 6.04. The molecule has 4 heteroatoms. The van der Waals surface area contributed by atoms with Gasteiger partial charge in [-0.15, -0.1) is 0 Å². The Morgan fingerprint density at radius 1 is 1.00 bits per heavy atom. The second kappa shape index (κ2) is 8.31. The first kappa shape index (κ1) is 27.7. The molecule has 0 heterocycles. The molecule has 7 atom stereocenters. The highest BCUT2D eigenvalue weighted by atomic mass is 16.2. The van der Waals surface area contributed by atoms with E-state index in [2.05, 4.69) is 85.9 Å². The average molecular weight is 519 g/mol. The summed E-state index contributed by atoms with van der Waals surface area (Å²) in [5.74, 6) is 1.18. The SMILES string of the molecule is CC(C)NC(=O)C12CCC(C)(C)C[C@H]1C1=CCC3[C@@]4(C)C=C(C#N)C(=O)C(C)(C)[C@@H]4CC[C@@]3(C)[C@]1(C)CC2. The predicted molar refractivity (Wildman–Crippen MR) is 152 cm³/mol. The van der Waals surface area contributed by atoms with Crippen molar-refractivity contribution in [3.8, 4) is 6.07 Å². The normalized spacial score (nSPS) is 44.9. The summed E-state index contributed by atoms with van der Waals surface area (Å²) in [4.78, 5) is 27.2. The first-order valence-electron chi connectivity index (χ1n) is 15.2. The Balaban J connectivity index is 1.63. The lowest BCUT2D eigenvalue weighted by Crippen LogP contribution is -2.64. The summed E-state index contributed by atoms with van der Waals surface area (Å²) in [6.07, 6.45) is 12.8. The van der Waals surface area contributed by atoms with Crippen molar-refractivity contribution in [2.45, 2.75) is 120 Å². The smallest absolute Gasteiger partial charge is 0.227 e. The number of carbonyl (C=O) groups excluding carboxylic acids is 2. The van der Waals surface area contributed by atoms with Gasteiger partial charge in [0.05, 0.1) is 11.0 Å². The van der Waals surface area contributed by atoms with Crippen LogP contribution < -0.4 is 5.32 Å². The van der Waals surface area contributed by atoms with E-state index < -0.39 is 5.41 Å². The number of rotatable bonds is 2. The van der Waals surface area contributed by atoms with Crippen LogP contribution in [0.5, 0.6) is 0 Å². The number of carbonyl (C=O) groups is 2.